The van der Waals surface area contributed by atoms with Crippen molar-refractivity contribution in [3.05, 3.63) is 86.4 Å². The molecule has 0 fully saturated rings. The van der Waals surface area contributed by atoms with Crippen molar-refractivity contribution in [2.24, 2.45) is 0 Å². The predicted octanol–water partition coefficient (Wildman–Crippen LogP) is 5.07. The fraction of sp³-hybridized carbons (Fsp3) is 0.0526. The average molecular weight is 415 g/mol. The van der Waals surface area contributed by atoms with Crippen LogP contribution in [0.3, 0.4) is 0 Å². The van der Waals surface area contributed by atoms with Crippen LogP contribution in [0.15, 0.2) is 69.5 Å². The molecule has 2 aromatic heterocycles. The van der Waals surface area contributed by atoms with Crippen molar-refractivity contribution in [2.75, 3.05) is 0 Å². The Morgan fingerprint density at radius 1 is 1.08 bits per heavy atom. The minimum Gasteiger partial charge on any atom is -0.294 e. The molecule has 2 heterocycles. The van der Waals surface area contributed by atoms with E-state index >= 15 is 0 Å². The normalized spacial score (nSPS) is 11.1. The lowest BCUT2D eigenvalue weighted by Gasteiger charge is -2.07. The zero-order chi connectivity index (χ0) is 17.4. The molecule has 0 radical (unpaired) electrons. The van der Waals surface area contributed by atoms with E-state index < -0.39 is 0 Å². The van der Waals surface area contributed by atoms with Gasteiger partial charge in [-0.05, 0) is 35.4 Å². The molecule has 4 rings (SSSR count). The largest absolute Gasteiger partial charge is 0.294 e. The minimum atomic E-state index is -0.297. The maximum Gasteiger partial charge on any atom is 0.263 e. The van der Waals surface area contributed by atoms with Crippen LogP contribution in [0.4, 0.5) is 4.39 Å². The van der Waals surface area contributed by atoms with Crippen LogP contribution in [0.25, 0.3) is 21.3 Å². The van der Waals surface area contributed by atoms with Gasteiger partial charge >= 0.3 is 0 Å². The molecule has 0 saturated heterocycles. The summed E-state index contributed by atoms with van der Waals surface area (Å²) in [5, 5.41) is 2.48. The molecule has 4 aromatic rings. The van der Waals surface area contributed by atoms with Gasteiger partial charge in [-0.1, -0.05) is 40.2 Å². The van der Waals surface area contributed by atoms with Crippen LogP contribution in [-0.4, -0.2) is 9.55 Å². The second kappa shape index (κ2) is 6.54. The molecule has 0 spiro atoms. The Kier molecular flexibility index (Phi) is 4.23. The Bertz CT molecular complexity index is 1100. The molecular weight excluding hydrogens is 403 g/mol. The lowest BCUT2D eigenvalue weighted by molar-refractivity contribution is 0.628. The van der Waals surface area contributed by atoms with E-state index in [1.165, 1.54) is 23.5 Å². The molecule has 0 aliphatic heterocycles. The van der Waals surface area contributed by atoms with E-state index in [9.17, 15) is 9.18 Å². The van der Waals surface area contributed by atoms with Crippen LogP contribution in [0.2, 0.25) is 0 Å². The molecule has 0 bridgehead atoms. The summed E-state index contributed by atoms with van der Waals surface area (Å²) in [5.74, 6) is -0.297. The fourth-order valence-corrected chi connectivity index (χ4v) is 3.88. The quantitative estimate of drug-likeness (QED) is 0.468. The number of halogens is 2. The van der Waals surface area contributed by atoms with Crippen LogP contribution < -0.4 is 5.56 Å². The highest BCUT2D eigenvalue weighted by molar-refractivity contribution is 9.10. The minimum absolute atomic E-state index is 0.0894. The van der Waals surface area contributed by atoms with Gasteiger partial charge in [0.05, 0.1) is 18.3 Å². The van der Waals surface area contributed by atoms with Gasteiger partial charge in [0.15, 0.2) is 0 Å². The van der Waals surface area contributed by atoms with Gasteiger partial charge < -0.3 is 0 Å². The first-order chi connectivity index (χ1) is 12.1. The zero-order valence-corrected chi connectivity index (χ0v) is 15.3. The summed E-state index contributed by atoms with van der Waals surface area (Å²) in [5.41, 5.74) is 2.54. The van der Waals surface area contributed by atoms with Gasteiger partial charge in [0, 0.05) is 15.4 Å². The number of hydrogen-bond acceptors (Lipinski definition) is 3. The average Bonchev–Trinajstić information content (AvgIpc) is 3.05. The van der Waals surface area contributed by atoms with Crippen molar-refractivity contribution < 1.29 is 4.39 Å². The van der Waals surface area contributed by atoms with Crippen LogP contribution >= 0.6 is 27.3 Å². The molecule has 0 aliphatic rings. The first-order valence-electron chi connectivity index (χ1n) is 7.59. The molecule has 124 valence electrons. The van der Waals surface area contributed by atoms with Crippen molar-refractivity contribution in [2.45, 2.75) is 6.54 Å². The summed E-state index contributed by atoms with van der Waals surface area (Å²) in [6, 6.07) is 14.0. The summed E-state index contributed by atoms with van der Waals surface area (Å²) < 4.78 is 15.8. The Labute approximate surface area is 155 Å². The second-order valence-electron chi connectivity index (χ2n) is 5.64. The van der Waals surface area contributed by atoms with Crippen molar-refractivity contribution in [1.82, 2.24) is 9.55 Å². The Morgan fingerprint density at radius 3 is 2.52 bits per heavy atom. The van der Waals surface area contributed by atoms with E-state index in [4.69, 9.17) is 0 Å². The van der Waals surface area contributed by atoms with E-state index in [2.05, 4.69) is 20.9 Å². The summed E-state index contributed by atoms with van der Waals surface area (Å²) in [6.07, 6.45) is 1.58. The number of rotatable bonds is 3. The number of thiophene rings is 1. The summed E-state index contributed by atoms with van der Waals surface area (Å²) in [4.78, 5) is 18.1. The van der Waals surface area contributed by atoms with Gasteiger partial charge in [0.2, 0.25) is 0 Å². The topological polar surface area (TPSA) is 34.9 Å². The highest BCUT2D eigenvalue weighted by Gasteiger charge is 2.13. The predicted molar refractivity (Wildman–Crippen MR) is 103 cm³/mol. The van der Waals surface area contributed by atoms with Crippen LogP contribution in [0.1, 0.15) is 5.56 Å². The molecule has 0 amide bonds. The maximum absolute atomic E-state index is 13.2. The summed E-state index contributed by atoms with van der Waals surface area (Å²) in [6.45, 7) is 0.452. The SMILES string of the molecule is O=c1c2c(-c3ccc(F)cc3)csc2ncn1Cc1ccc(Br)cc1. The van der Waals surface area contributed by atoms with E-state index in [1.807, 2.05) is 29.6 Å². The first-order valence-corrected chi connectivity index (χ1v) is 9.26. The summed E-state index contributed by atoms with van der Waals surface area (Å²) >= 11 is 4.83. The molecule has 3 nitrogen and oxygen atoms in total. The molecule has 25 heavy (non-hydrogen) atoms. The molecule has 0 atom stereocenters. The van der Waals surface area contributed by atoms with Crippen LogP contribution in [0, 0.1) is 5.82 Å². The molecule has 6 heteroatoms. The van der Waals surface area contributed by atoms with E-state index in [0.717, 1.165) is 21.2 Å². The Hall–Kier alpha value is -2.31. The summed E-state index contributed by atoms with van der Waals surface area (Å²) in [7, 11) is 0. The molecule has 0 aliphatic carbocycles. The third-order valence-electron chi connectivity index (χ3n) is 3.98. The lowest BCUT2D eigenvalue weighted by atomic mass is 10.1. The van der Waals surface area contributed by atoms with Crippen LogP contribution in [-0.2, 0) is 6.54 Å². The van der Waals surface area contributed by atoms with Gasteiger partial charge in [-0.2, -0.15) is 0 Å². The van der Waals surface area contributed by atoms with Gasteiger partial charge in [0.25, 0.3) is 5.56 Å². The van der Waals surface area contributed by atoms with Crippen molar-refractivity contribution in [1.29, 1.82) is 0 Å². The van der Waals surface area contributed by atoms with Crippen molar-refractivity contribution in [3.8, 4) is 11.1 Å². The maximum atomic E-state index is 13.2. The number of fused-ring (bicyclic) bond motifs is 1. The van der Waals surface area contributed by atoms with Crippen molar-refractivity contribution >= 4 is 37.5 Å². The fourth-order valence-electron chi connectivity index (χ4n) is 2.71. The molecule has 0 unspecified atom stereocenters. The monoisotopic (exact) mass is 414 g/mol. The third-order valence-corrected chi connectivity index (χ3v) is 5.40. The van der Waals surface area contributed by atoms with E-state index in [1.54, 1.807) is 23.0 Å². The second-order valence-corrected chi connectivity index (χ2v) is 7.41. The molecule has 2 aromatic carbocycles. The lowest BCUT2D eigenvalue weighted by Crippen LogP contribution is -2.20. The standard InChI is InChI=1S/C19H12BrFN2OS/c20-14-5-1-12(2-6-14)9-23-11-22-18-17(19(23)24)16(10-25-18)13-3-7-15(21)8-4-13/h1-8,10-11H,9H2. The zero-order valence-electron chi connectivity index (χ0n) is 12.9. The number of aromatic nitrogens is 2. The van der Waals surface area contributed by atoms with E-state index in [0.29, 0.717) is 16.8 Å². The van der Waals surface area contributed by atoms with Gasteiger partial charge in [-0.3, -0.25) is 9.36 Å². The Morgan fingerprint density at radius 2 is 1.80 bits per heavy atom. The first kappa shape index (κ1) is 16.2. The Balaban J connectivity index is 1.81. The molecule has 0 saturated carbocycles. The highest BCUT2D eigenvalue weighted by Crippen LogP contribution is 2.30. The van der Waals surface area contributed by atoms with Crippen LogP contribution in [0.5, 0.6) is 0 Å². The highest BCUT2D eigenvalue weighted by atomic mass is 79.9. The molecular formula is C19H12BrFN2OS. The van der Waals surface area contributed by atoms with Crippen molar-refractivity contribution in [3.63, 3.8) is 0 Å². The molecule has 0 N–H and O–H groups in total. The smallest absolute Gasteiger partial charge is 0.263 e. The van der Waals surface area contributed by atoms with Gasteiger partial charge in [0.1, 0.15) is 10.6 Å². The van der Waals surface area contributed by atoms with E-state index in [-0.39, 0.29) is 11.4 Å². The third kappa shape index (κ3) is 3.15. The number of benzene rings is 2. The van der Waals surface area contributed by atoms with Gasteiger partial charge in [-0.15, -0.1) is 11.3 Å². The van der Waals surface area contributed by atoms with Gasteiger partial charge in [-0.25, -0.2) is 9.37 Å². The number of nitrogens with zero attached hydrogens (tertiary/aromatic N) is 2. The number of hydrogen-bond donors (Lipinski definition) is 0.